The van der Waals surface area contributed by atoms with E-state index in [1.807, 2.05) is 0 Å². The maximum Gasteiger partial charge on any atom is 0.306 e. The first-order chi connectivity index (χ1) is 31.6. The van der Waals surface area contributed by atoms with E-state index < -0.39 is 18.1 Å². The molecule has 0 radical (unpaired) electrons. The summed E-state index contributed by atoms with van der Waals surface area (Å²) in [4.78, 5) is 37.1. The summed E-state index contributed by atoms with van der Waals surface area (Å²) >= 11 is 0. The predicted octanol–water partition coefficient (Wildman–Crippen LogP) is 14.6. The van der Waals surface area contributed by atoms with Crippen LogP contribution >= 0.6 is 0 Å². The number of hydrogen-bond acceptors (Lipinski definition) is 7. The molecule has 0 rings (SSSR count). The fourth-order valence-corrected chi connectivity index (χ4v) is 8.02. The minimum atomic E-state index is -1.12. The summed E-state index contributed by atoms with van der Waals surface area (Å²) in [7, 11) is 5.42. The third kappa shape index (κ3) is 46.2. The lowest BCUT2D eigenvalue weighted by molar-refractivity contribution is -0.889. The van der Waals surface area contributed by atoms with E-state index in [1.54, 1.807) is 21.1 Å². The molecule has 2 unspecified atom stereocenters. The molecule has 0 N–H and O–H groups in total. The molecule has 0 aromatic carbocycles. The van der Waals surface area contributed by atoms with Crippen molar-refractivity contribution >= 4 is 17.9 Å². The highest BCUT2D eigenvalue weighted by Gasteiger charge is 2.25. The molecule has 0 aliphatic carbocycles. The first-order valence-corrected chi connectivity index (χ1v) is 27.2. The van der Waals surface area contributed by atoms with Gasteiger partial charge in [-0.2, -0.15) is 0 Å². The van der Waals surface area contributed by atoms with Gasteiger partial charge in [-0.3, -0.25) is 9.59 Å². The highest BCUT2D eigenvalue weighted by molar-refractivity contribution is 5.70. The van der Waals surface area contributed by atoms with Gasteiger partial charge in [-0.05, 0) is 70.6 Å². The average Bonchev–Trinajstić information content (AvgIpc) is 3.27. The molecule has 0 fully saturated rings. The Morgan fingerprint density at radius 3 is 1.29 bits per heavy atom. The molecule has 0 aromatic rings. The van der Waals surface area contributed by atoms with Crippen LogP contribution in [0.2, 0.25) is 0 Å². The van der Waals surface area contributed by atoms with Gasteiger partial charge < -0.3 is 28.6 Å². The van der Waals surface area contributed by atoms with Crippen LogP contribution in [0.15, 0.2) is 48.6 Å². The number of carboxylic acids is 1. The number of hydrogen-bond donors (Lipinski definition) is 0. The summed E-state index contributed by atoms with van der Waals surface area (Å²) in [6, 6.07) is -0.728. The van der Waals surface area contributed by atoms with Crippen LogP contribution in [-0.4, -0.2) is 75.5 Å². The van der Waals surface area contributed by atoms with E-state index in [4.69, 9.17) is 14.2 Å². The summed E-state index contributed by atoms with van der Waals surface area (Å²) in [6.07, 6.45) is 58.6. The van der Waals surface area contributed by atoms with Gasteiger partial charge in [0.05, 0.1) is 40.3 Å². The second kappa shape index (κ2) is 47.8. The summed E-state index contributed by atoms with van der Waals surface area (Å²) < 4.78 is 17.3. The Hall–Kier alpha value is -2.71. The molecule has 8 nitrogen and oxygen atoms in total. The van der Waals surface area contributed by atoms with Gasteiger partial charge in [0, 0.05) is 19.3 Å². The number of allylic oxidation sites excluding steroid dienone is 8. The lowest BCUT2D eigenvalue weighted by atomic mass is 10.1. The summed E-state index contributed by atoms with van der Waals surface area (Å²) in [6.45, 7) is 4.58. The molecule has 0 aromatic heterocycles. The minimum Gasteiger partial charge on any atom is -0.544 e. The minimum absolute atomic E-state index is 0.0386. The summed E-state index contributed by atoms with van der Waals surface area (Å²) in [5.41, 5.74) is 0. The fourth-order valence-electron chi connectivity index (χ4n) is 8.02. The monoisotopic (exact) mass is 914 g/mol. The van der Waals surface area contributed by atoms with E-state index in [9.17, 15) is 19.5 Å². The number of likely N-dealkylation sites (N-methyl/N-ethyl adjacent to an activating group) is 1. The molecule has 65 heavy (non-hydrogen) atoms. The van der Waals surface area contributed by atoms with Crippen molar-refractivity contribution in [2.45, 2.75) is 257 Å². The first-order valence-electron chi connectivity index (χ1n) is 27.2. The standard InChI is InChI=1S/C57H103NO7/c1-6-8-10-12-14-16-18-20-22-24-26-28-30-32-34-36-38-40-42-44-46-48-56(60)65-53(51-63-50-49-54(57(61)62)58(3,4)5)52-64-55(59)47-45-43-41-39-37-35-33-31-29-27-25-23-21-19-17-15-13-11-9-7-2/h9,11,15,17,21,23,28,30,53-54H,6-8,10,12-14,16,18-20,22,24-27,29,31-52H2,1-5H3/b11-9+,17-15+,23-21+,30-28+. The van der Waals surface area contributed by atoms with E-state index in [-0.39, 0.29) is 42.7 Å². The molecule has 0 aliphatic heterocycles. The van der Waals surface area contributed by atoms with Crippen molar-refractivity contribution in [1.29, 1.82) is 0 Å². The van der Waals surface area contributed by atoms with E-state index >= 15 is 0 Å². The predicted molar refractivity (Wildman–Crippen MR) is 273 cm³/mol. The number of aliphatic carboxylic acids is 1. The Bertz CT molecular complexity index is 1200. The molecule has 0 aliphatic rings. The second-order valence-corrected chi connectivity index (χ2v) is 19.4. The molecule has 2 atom stereocenters. The smallest absolute Gasteiger partial charge is 0.306 e. The van der Waals surface area contributed by atoms with Crippen LogP contribution in [0.5, 0.6) is 0 Å². The molecular formula is C57H103NO7. The number of esters is 2. The number of ether oxygens (including phenoxy) is 3. The average molecular weight is 914 g/mol. The van der Waals surface area contributed by atoms with Crippen molar-refractivity contribution in [3.63, 3.8) is 0 Å². The third-order valence-corrected chi connectivity index (χ3v) is 12.2. The van der Waals surface area contributed by atoms with Gasteiger partial charge in [0.25, 0.3) is 0 Å². The van der Waals surface area contributed by atoms with Crippen LogP contribution in [0, 0.1) is 0 Å². The lowest BCUT2D eigenvalue weighted by Gasteiger charge is -2.34. The number of quaternary nitrogens is 1. The van der Waals surface area contributed by atoms with E-state index in [0.717, 1.165) is 57.8 Å². The largest absolute Gasteiger partial charge is 0.544 e. The van der Waals surface area contributed by atoms with Gasteiger partial charge >= 0.3 is 11.9 Å². The quantitative estimate of drug-likeness (QED) is 0.0259. The van der Waals surface area contributed by atoms with Crippen LogP contribution in [0.1, 0.15) is 245 Å². The Balaban J connectivity index is 4.21. The molecule has 0 heterocycles. The van der Waals surface area contributed by atoms with Crippen molar-refractivity contribution in [1.82, 2.24) is 0 Å². The van der Waals surface area contributed by atoms with Gasteiger partial charge in [0.1, 0.15) is 12.6 Å². The Kier molecular flexibility index (Phi) is 45.8. The molecule has 378 valence electrons. The van der Waals surface area contributed by atoms with Crippen LogP contribution in [0.25, 0.3) is 0 Å². The van der Waals surface area contributed by atoms with Gasteiger partial charge in [0.2, 0.25) is 0 Å². The zero-order chi connectivity index (χ0) is 47.7. The Labute approximate surface area is 401 Å². The van der Waals surface area contributed by atoms with Crippen LogP contribution < -0.4 is 5.11 Å². The van der Waals surface area contributed by atoms with Gasteiger partial charge in [-0.1, -0.05) is 204 Å². The zero-order valence-electron chi connectivity index (χ0n) is 43.2. The van der Waals surface area contributed by atoms with Gasteiger partial charge in [-0.25, -0.2) is 0 Å². The fraction of sp³-hybridized carbons (Fsp3) is 0.807. The van der Waals surface area contributed by atoms with Crippen molar-refractivity contribution in [2.24, 2.45) is 0 Å². The number of carboxylic acid groups (broad SMARTS) is 1. The van der Waals surface area contributed by atoms with E-state index in [0.29, 0.717) is 12.8 Å². The molecule has 0 bridgehead atoms. The van der Waals surface area contributed by atoms with E-state index in [1.165, 1.54) is 154 Å². The number of carbonyl (C=O) groups excluding carboxylic acids is 3. The van der Waals surface area contributed by atoms with Crippen molar-refractivity contribution < 1.29 is 38.2 Å². The summed E-state index contributed by atoms with van der Waals surface area (Å²) in [5, 5.41) is 11.7. The highest BCUT2D eigenvalue weighted by atomic mass is 16.6. The Morgan fingerprint density at radius 2 is 0.862 bits per heavy atom. The molecule has 0 amide bonds. The molecule has 0 spiro atoms. The van der Waals surface area contributed by atoms with Crippen molar-refractivity contribution in [3.05, 3.63) is 48.6 Å². The van der Waals surface area contributed by atoms with E-state index in [2.05, 4.69) is 62.5 Å². The summed E-state index contributed by atoms with van der Waals surface area (Å²) in [5.74, 6) is -1.74. The number of carbonyl (C=O) groups is 3. The number of nitrogens with zero attached hydrogens (tertiary/aromatic N) is 1. The third-order valence-electron chi connectivity index (χ3n) is 12.2. The molecular weight excluding hydrogens is 811 g/mol. The SMILES string of the molecule is CC/C=C/C/C=C/C/C=C/CCCCCCCCCCCCC(=O)OCC(COCCC(C(=O)[O-])[N+](C)(C)C)OC(=O)CCCCCCCCC/C=C/CCCCCCCCCCCC. The highest BCUT2D eigenvalue weighted by Crippen LogP contribution is 2.16. The Morgan fingerprint density at radius 1 is 0.477 bits per heavy atom. The first kappa shape index (κ1) is 62.3. The van der Waals surface area contributed by atoms with Gasteiger partial charge in [0.15, 0.2) is 6.10 Å². The van der Waals surface area contributed by atoms with Crippen LogP contribution in [0.4, 0.5) is 0 Å². The van der Waals surface area contributed by atoms with Crippen LogP contribution in [0.3, 0.4) is 0 Å². The number of unbranched alkanes of at least 4 members (excludes halogenated alkanes) is 27. The van der Waals surface area contributed by atoms with Crippen molar-refractivity contribution in [2.75, 3.05) is 41.0 Å². The van der Waals surface area contributed by atoms with Crippen LogP contribution in [-0.2, 0) is 28.6 Å². The molecule has 8 heteroatoms. The molecule has 0 saturated carbocycles. The zero-order valence-corrected chi connectivity index (χ0v) is 43.2. The topological polar surface area (TPSA) is 102 Å². The molecule has 0 saturated heterocycles. The number of rotatable bonds is 49. The van der Waals surface area contributed by atoms with Crippen molar-refractivity contribution in [3.8, 4) is 0 Å². The maximum atomic E-state index is 12.8. The van der Waals surface area contributed by atoms with Gasteiger partial charge in [-0.15, -0.1) is 0 Å². The normalized spacial score (nSPS) is 13.2. The second-order valence-electron chi connectivity index (χ2n) is 19.4. The lowest BCUT2D eigenvalue weighted by Crippen LogP contribution is -2.55. The maximum absolute atomic E-state index is 12.8.